The number of methoxy groups -OCH3 is 2. The number of nitrogens with one attached hydrogen (secondary N) is 1. The molecule has 0 amide bonds. The normalized spacial score (nSPS) is 11.4. The molecule has 1 aromatic heterocycles. The smallest absolute Gasteiger partial charge is 0.183 e. The summed E-state index contributed by atoms with van der Waals surface area (Å²) in [6.07, 6.45) is 3.13. The summed E-state index contributed by atoms with van der Waals surface area (Å²) < 4.78 is 10.5. The van der Waals surface area contributed by atoms with Crippen molar-refractivity contribution in [3.63, 3.8) is 0 Å². The lowest BCUT2D eigenvalue weighted by Gasteiger charge is -2.25. The second kappa shape index (κ2) is 7.31. The van der Waals surface area contributed by atoms with Gasteiger partial charge in [-0.3, -0.25) is 4.98 Å². The summed E-state index contributed by atoms with van der Waals surface area (Å²) in [5, 5.41) is 13.4. The fourth-order valence-corrected chi connectivity index (χ4v) is 1.89. The number of hydrogen-bond acceptors (Lipinski definition) is 5. The van der Waals surface area contributed by atoms with Crippen LogP contribution in [0.4, 0.5) is 0 Å². The number of nitrogens with zero attached hydrogens (tertiary/aromatic N) is 1. The zero-order valence-electron chi connectivity index (χ0n) is 12.2. The van der Waals surface area contributed by atoms with Gasteiger partial charge >= 0.3 is 0 Å². The molecule has 0 saturated carbocycles. The largest absolute Gasteiger partial charge is 0.493 e. The number of pyridine rings is 1. The van der Waals surface area contributed by atoms with Gasteiger partial charge in [-0.2, -0.15) is 0 Å². The first-order chi connectivity index (χ1) is 9.10. The third-order valence-corrected chi connectivity index (χ3v) is 3.43. The van der Waals surface area contributed by atoms with Crippen molar-refractivity contribution in [3.8, 4) is 11.5 Å². The van der Waals surface area contributed by atoms with Crippen molar-refractivity contribution in [2.75, 3.05) is 20.8 Å². The van der Waals surface area contributed by atoms with Gasteiger partial charge < -0.3 is 19.9 Å². The molecule has 0 aliphatic carbocycles. The van der Waals surface area contributed by atoms with Crippen LogP contribution in [0.1, 0.15) is 32.4 Å². The molecule has 0 radical (unpaired) electrons. The Morgan fingerprint density at radius 3 is 2.47 bits per heavy atom. The number of hydrogen-bond donors (Lipinski definition) is 2. The number of aromatic nitrogens is 1. The summed E-state index contributed by atoms with van der Waals surface area (Å²) in [4.78, 5) is 4.28. The van der Waals surface area contributed by atoms with Crippen LogP contribution < -0.4 is 14.8 Å². The van der Waals surface area contributed by atoms with Crippen molar-refractivity contribution in [2.45, 2.75) is 38.8 Å². The summed E-state index contributed by atoms with van der Waals surface area (Å²) in [6.45, 7) is 5.02. The number of ether oxygens (including phenoxy) is 2. The minimum atomic E-state index is -0.661. The van der Waals surface area contributed by atoms with Gasteiger partial charge in [-0.05, 0) is 12.8 Å². The van der Waals surface area contributed by atoms with Gasteiger partial charge in [0, 0.05) is 25.4 Å². The topological polar surface area (TPSA) is 63.6 Å². The summed E-state index contributed by atoms with van der Waals surface area (Å²) >= 11 is 0. The van der Waals surface area contributed by atoms with Crippen molar-refractivity contribution in [1.29, 1.82) is 0 Å². The van der Waals surface area contributed by atoms with Crippen LogP contribution in [0.15, 0.2) is 12.3 Å². The maximum Gasteiger partial charge on any atom is 0.183 e. The van der Waals surface area contributed by atoms with Gasteiger partial charge in [0.05, 0.1) is 25.5 Å². The SMILES string of the molecule is CCC(O)(CC)CNCc1nccc(OC)c1OC. The molecule has 0 fully saturated rings. The lowest BCUT2D eigenvalue weighted by atomic mass is 9.97. The molecular formula is C14H24N2O3. The molecule has 0 aliphatic heterocycles. The van der Waals surface area contributed by atoms with E-state index in [4.69, 9.17) is 9.47 Å². The van der Waals surface area contributed by atoms with Gasteiger partial charge in [-0.15, -0.1) is 0 Å². The van der Waals surface area contributed by atoms with Crippen molar-refractivity contribution < 1.29 is 14.6 Å². The molecule has 0 aromatic carbocycles. The van der Waals surface area contributed by atoms with Gasteiger partial charge in [-0.1, -0.05) is 13.8 Å². The third-order valence-electron chi connectivity index (χ3n) is 3.43. The average Bonchev–Trinajstić information content (AvgIpc) is 2.46. The maximum atomic E-state index is 10.2. The van der Waals surface area contributed by atoms with Crippen LogP contribution in [-0.4, -0.2) is 36.5 Å². The van der Waals surface area contributed by atoms with E-state index >= 15 is 0 Å². The molecule has 19 heavy (non-hydrogen) atoms. The highest BCUT2D eigenvalue weighted by atomic mass is 16.5. The van der Waals surface area contributed by atoms with E-state index in [0.29, 0.717) is 24.6 Å². The predicted molar refractivity (Wildman–Crippen MR) is 74.6 cm³/mol. The minimum absolute atomic E-state index is 0.530. The van der Waals surface area contributed by atoms with Crippen molar-refractivity contribution in [3.05, 3.63) is 18.0 Å². The highest BCUT2D eigenvalue weighted by Gasteiger charge is 2.21. The van der Waals surface area contributed by atoms with Crippen molar-refractivity contribution >= 4 is 0 Å². The van der Waals surface area contributed by atoms with Crippen LogP contribution >= 0.6 is 0 Å². The second-order valence-electron chi connectivity index (χ2n) is 4.53. The van der Waals surface area contributed by atoms with Crippen molar-refractivity contribution in [1.82, 2.24) is 10.3 Å². The third kappa shape index (κ3) is 4.08. The predicted octanol–water partition coefficient (Wildman–Crippen LogP) is 1.74. The first kappa shape index (κ1) is 15.7. The summed E-state index contributed by atoms with van der Waals surface area (Å²) in [6, 6.07) is 1.76. The standard InChI is InChI=1S/C14H24N2O3/c1-5-14(17,6-2)10-15-9-11-13(19-4)12(18-3)7-8-16-11/h7-8,15,17H,5-6,9-10H2,1-4H3. The number of rotatable bonds is 8. The molecule has 0 spiro atoms. The minimum Gasteiger partial charge on any atom is -0.493 e. The zero-order chi connectivity index (χ0) is 14.3. The van der Waals surface area contributed by atoms with Crippen LogP contribution in [0.3, 0.4) is 0 Å². The van der Waals surface area contributed by atoms with Crippen LogP contribution in [0, 0.1) is 0 Å². The Morgan fingerprint density at radius 2 is 1.95 bits per heavy atom. The summed E-state index contributed by atoms with van der Waals surface area (Å²) in [5.41, 5.74) is 0.114. The highest BCUT2D eigenvalue weighted by Crippen LogP contribution is 2.28. The van der Waals surface area contributed by atoms with E-state index in [1.165, 1.54) is 0 Å². The van der Waals surface area contributed by atoms with E-state index in [2.05, 4.69) is 10.3 Å². The van der Waals surface area contributed by atoms with Crippen molar-refractivity contribution in [2.24, 2.45) is 0 Å². The Bertz CT molecular complexity index is 392. The Labute approximate surface area is 115 Å². The molecule has 1 aromatic rings. The Hall–Kier alpha value is -1.33. The van der Waals surface area contributed by atoms with E-state index in [1.807, 2.05) is 13.8 Å². The molecule has 5 nitrogen and oxygen atoms in total. The molecule has 0 bridgehead atoms. The molecule has 1 rings (SSSR count). The molecule has 2 N–H and O–H groups in total. The molecule has 108 valence electrons. The lowest BCUT2D eigenvalue weighted by Crippen LogP contribution is -2.39. The van der Waals surface area contributed by atoms with Gasteiger partial charge in [-0.25, -0.2) is 0 Å². The molecule has 0 unspecified atom stereocenters. The highest BCUT2D eigenvalue weighted by molar-refractivity contribution is 5.42. The van der Waals surface area contributed by atoms with E-state index in [0.717, 1.165) is 18.5 Å². The van der Waals surface area contributed by atoms with Crippen LogP contribution in [-0.2, 0) is 6.54 Å². The molecule has 0 atom stereocenters. The fraction of sp³-hybridized carbons (Fsp3) is 0.643. The first-order valence-electron chi connectivity index (χ1n) is 6.59. The first-order valence-corrected chi connectivity index (χ1v) is 6.59. The van der Waals surface area contributed by atoms with E-state index in [1.54, 1.807) is 26.5 Å². The Balaban J connectivity index is 2.68. The van der Waals surface area contributed by atoms with Gasteiger partial charge in [0.1, 0.15) is 0 Å². The molecular weight excluding hydrogens is 244 g/mol. The Morgan fingerprint density at radius 1 is 1.26 bits per heavy atom. The summed E-state index contributed by atoms with van der Waals surface area (Å²) in [7, 11) is 3.19. The van der Waals surface area contributed by atoms with E-state index < -0.39 is 5.60 Å². The fourth-order valence-electron chi connectivity index (χ4n) is 1.89. The van der Waals surface area contributed by atoms with Gasteiger partial charge in [0.25, 0.3) is 0 Å². The van der Waals surface area contributed by atoms with Crippen LogP contribution in [0.2, 0.25) is 0 Å². The van der Waals surface area contributed by atoms with E-state index in [-0.39, 0.29) is 0 Å². The van der Waals surface area contributed by atoms with Gasteiger partial charge in [0.15, 0.2) is 11.5 Å². The maximum absolute atomic E-state index is 10.2. The molecule has 1 heterocycles. The molecule has 0 saturated heterocycles. The van der Waals surface area contributed by atoms with Crippen LogP contribution in [0.5, 0.6) is 11.5 Å². The van der Waals surface area contributed by atoms with Crippen LogP contribution in [0.25, 0.3) is 0 Å². The van der Waals surface area contributed by atoms with Gasteiger partial charge in [0.2, 0.25) is 0 Å². The average molecular weight is 268 g/mol. The molecule has 5 heteroatoms. The zero-order valence-corrected chi connectivity index (χ0v) is 12.2. The second-order valence-corrected chi connectivity index (χ2v) is 4.53. The van der Waals surface area contributed by atoms with E-state index in [9.17, 15) is 5.11 Å². The monoisotopic (exact) mass is 268 g/mol. The quantitative estimate of drug-likeness (QED) is 0.752. The number of aliphatic hydroxyl groups is 1. The lowest BCUT2D eigenvalue weighted by molar-refractivity contribution is 0.0322. The molecule has 0 aliphatic rings. The summed E-state index contributed by atoms with van der Waals surface area (Å²) in [5.74, 6) is 1.30. The Kier molecular flexibility index (Phi) is 6.05.